The van der Waals surface area contributed by atoms with Crippen LogP contribution in [0.4, 0.5) is 5.69 Å². The SMILES string of the molecule is CCCCNC(=O)c1ccc(N2CCC(N)CC2)cc1. The predicted octanol–water partition coefficient (Wildman–Crippen LogP) is 2.14. The number of nitrogens with one attached hydrogen (secondary N) is 1. The fourth-order valence-corrected chi connectivity index (χ4v) is 2.46. The van der Waals surface area contributed by atoms with Gasteiger partial charge in [-0.3, -0.25) is 4.79 Å². The maximum absolute atomic E-state index is 11.9. The second-order valence-corrected chi connectivity index (χ2v) is 5.48. The molecule has 4 heteroatoms. The summed E-state index contributed by atoms with van der Waals surface area (Å²) in [6.07, 6.45) is 4.20. The highest BCUT2D eigenvalue weighted by molar-refractivity contribution is 5.94. The molecular formula is C16H25N3O. The molecule has 1 aliphatic rings. The van der Waals surface area contributed by atoms with Crippen LogP contribution in [0.25, 0.3) is 0 Å². The summed E-state index contributed by atoms with van der Waals surface area (Å²) in [7, 11) is 0. The van der Waals surface area contributed by atoms with Gasteiger partial charge >= 0.3 is 0 Å². The lowest BCUT2D eigenvalue weighted by atomic mass is 10.0. The standard InChI is InChI=1S/C16H25N3O/c1-2-3-10-18-16(20)13-4-6-15(7-5-13)19-11-8-14(17)9-12-19/h4-7,14H,2-3,8-12,17H2,1H3,(H,18,20). The lowest BCUT2D eigenvalue weighted by molar-refractivity contribution is 0.0953. The molecule has 0 bridgehead atoms. The van der Waals surface area contributed by atoms with Crippen LogP contribution in [0.15, 0.2) is 24.3 Å². The predicted molar refractivity (Wildman–Crippen MR) is 83.1 cm³/mol. The summed E-state index contributed by atoms with van der Waals surface area (Å²) < 4.78 is 0. The molecule has 1 aromatic rings. The Labute approximate surface area is 121 Å². The molecule has 110 valence electrons. The number of carbonyl (C=O) groups is 1. The van der Waals surface area contributed by atoms with Gasteiger partial charge in [0.15, 0.2) is 0 Å². The van der Waals surface area contributed by atoms with E-state index >= 15 is 0 Å². The molecule has 0 saturated carbocycles. The van der Waals surface area contributed by atoms with Gasteiger partial charge in [0.05, 0.1) is 0 Å². The van der Waals surface area contributed by atoms with Gasteiger partial charge in [-0.15, -0.1) is 0 Å². The number of nitrogens with zero attached hydrogens (tertiary/aromatic N) is 1. The quantitative estimate of drug-likeness (QED) is 0.810. The summed E-state index contributed by atoms with van der Waals surface area (Å²) >= 11 is 0. The molecule has 1 saturated heterocycles. The fraction of sp³-hybridized carbons (Fsp3) is 0.562. The van der Waals surface area contributed by atoms with Crippen LogP contribution in [0.1, 0.15) is 43.0 Å². The van der Waals surface area contributed by atoms with E-state index in [4.69, 9.17) is 5.73 Å². The molecule has 1 aliphatic heterocycles. The van der Waals surface area contributed by atoms with Gasteiger partial charge in [-0.05, 0) is 43.5 Å². The van der Waals surface area contributed by atoms with Crippen LogP contribution in [0.3, 0.4) is 0 Å². The summed E-state index contributed by atoms with van der Waals surface area (Å²) in [5.74, 6) is 0.0191. The summed E-state index contributed by atoms with van der Waals surface area (Å²) in [5, 5.41) is 2.94. The molecule has 1 heterocycles. The Balaban J connectivity index is 1.90. The smallest absolute Gasteiger partial charge is 0.251 e. The van der Waals surface area contributed by atoms with Crippen molar-refractivity contribution in [1.29, 1.82) is 0 Å². The maximum atomic E-state index is 11.9. The second kappa shape index (κ2) is 7.29. The zero-order valence-corrected chi connectivity index (χ0v) is 12.3. The van der Waals surface area contributed by atoms with Crippen molar-refractivity contribution >= 4 is 11.6 Å². The average molecular weight is 275 g/mol. The molecule has 1 amide bonds. The first-order valence-electron chi connectivity index (χ1n) is 7.59. The average Bonchev–Trinajstić information content (AvgIpc) is 2.48. The number of unbranched alkanes of at least 4 members (excludes halogenated alkanes) is 1. The Morgan fingerprint density at radius 3 is 2.55 bits per heavy atom. The molecule has 0 aliphatic carbocycles. The number of amides is 1. The lowest BCUT2D eigenvalue weighted by Gasteiger charge is -2.32. The fourth-order valence-electron chi connectivity index (χ4n) is 2.46. The Morgan fingerprint density at radius 2 is 1.95 bits per heavy atom. The van der Waals surface area contributed by atoms with E-state index in [0.29, 0.717) is 6.04 Å². The number of rotatable bonds is 5. The molecule has 2 rings (SSSR count). The van der Waals surface area contributed by atoms with Crippen LogP contribution < -0.4 is 16.0 Å². The largest absolute Gasteiger partial charge is 0.371 e. The number of hydrogen-bond donors (Lipinski definition) is 2. The summed E-state index contributed by atoms with van der Waals surface area (Å²) in [5.41, 5.74) is 7.83. The van der Waals surface area contributed by atoms with Gasteiger partial charge < -0.3 is 16.0 Å². The lowest BCUT2D eigenvalue weighted by Crippen LogP contribution is -2.39. The van der Waals surface area contributed by atoms with Gasteiger partial charge in [-0.25, -0.2) is 0 Å². The first-order valence-corrected chi connectivity index (χ1v) is 7.59. The van der Waals surface area contributed by atoms with Crippen molar-refractivity contribution in [2.45, 2.75) is 38.6 Å². The number of benzene rings is 1. The van der Waals surface area contributed by atoms with Gasteiger partial charge in [0.25, 0.3) is 5.91 Å². The molecule has 1 aromatic carbocycles. The Morgan fingerprint density at radius 1 is 1.30 bits per heavy atom. The third kappa shape index (κ3) is 3.97. The summed E-state index contributed by atoms with van der Waals surface area (Å²) in [4.78, 5) is 14.2. The molecule has 3 N–H and O–H groups in total. The van der Waals surface area contributed by atoms with Crippen molar-refractivity contribution in [3.63, 3.8) is 0 Å². The molecule has 1 fully saturated rings. The van der Waals surface area contributed by atoms with Gasteiger partial charge in [0, 0.05) is 36.9 Å². The Hall–Kier alpha value is -1.55. The van der Waals surface area contributed by atoms with E-state index in [0.717, 1.165) is 50.9 Å². The van der Waals surface area contributed by atoms with Crippen LogP contribution in [-0.4, -0.2) is 31.6 Å². The van der Waals surface area contributed by atoms with Crippen molar-refractivity contribution in [2.24, 2.45) is 5.73 Å². The molecule has 20 heavy (non-hydrogen) atoms. The van der Waals surface area contributed by atoms with Crippen molar-refractivity contribution < 1.29 is 4.79 Å². The van der Waals surface area contributed by atoms with Crippen molar-refractivity contribution in [3.05, 3.63) is 29.8 Å². The Kier molecular flexibility index (Phi) is 5.41. The van der Waals surface area contributed by atoms with E-state index in [1.54, 1.807) is 0 Å². The zero-order valence-electron chi connectivity index (χ0n) is 12.3. The Bertz CT molecular complexity index is 422. The van der Waals surface area contributed by atoms with Crippen LogP contribution >= 0.6 is 0 Å². The maximum Gasteiger partial charge on any atom is 0.251 e. The van der Waals surface area contributed by atoms with E-state index in [1.807, 2.05) is 24.3 Å². The number of carbonyl (C=O) groups excluding carboxylic acids is 1. The summed E-state index contributed by atoms with van der Waals surface area (Å²) in [6, 6.07) is 8.22. The van der Waals surface area contributed by atoms with Crippen LogP contribution in [0.2, 0.25) is 0 Å². The highest BCUT2D eigenvalue weighted by Crippen LogP contribution is 2.19. The highest BCUT2D eigenvalue weighted by atomic mass is 16.1. The molecule has 0 aromatic heterocycles. The third-order valence-corrected chi connectivity index (χ3v) is 3.85. The van der Waals surface area contributed by atoms with Gasteiger partial charge in [0.2, 0.25) is 0 Å². The van der Waals surface area contributed by atoms with Crippen LogP contribution in [-0.2, 0) is 0 Å². The minimum absolute atomic E-state index is 0.0191. The topological polar surface area (TPSA) is 58.4 Å². The normalized spacial score (nSPS) is 16.2. The van der Waals surface area contributed by atoms with Crippen molar-refractivity contribution in [1.82, 2.24) is 5.32 Å². The van der Waals surface area contributed by atoms with E-state index in [1.165, 1.54) is 5.69 Å². The highest BCUT2D eigenvalue weighted by Gasteiger charge is 2.16. The first-order chi connectivity index (χ1) is 9.70. The first kappa shape index (κ1) is 14.9. The molecule has 0 radical (unpaired) electrons. The van der Waals surface area contributed by atoms with Crippen molar-refractivity contribution in [2.75, 3.05) is 24.5 Å². The summed E-state index contributed by atoms with van der Waals surface area (Å²) in [6.45, 7) is 4.87. The minimum Gasteiger partial charge on any atom is -0.371 e. The zero-order chi connectivity index (χ0) is 14.4. The molecular weight excluding hydrogens is 250 g/mol. The second-order valence-electron chi connectivity index (χ2n) is 5.48. The van der Waals surface area contributed by atoms with E-state index in [2.05, 4.69) is 17.1 Å². The van der Waals surface area contributed by atoms with Crippen LogP contribution in [0, 0.1) is 0 Å². The molecule has 0 atom stereocenters. The van der Waals surface area contributed by atoms with E-state index < -0.39 is 0 Å². The molecule has 0 unspecified atom stereocenters. The minimum atomic E-state index is 0.0191. The van der Waals surface area contributed by atoms with Gasteiger partial charge in [0.1, 0.15) is 0 Å². The molecule has 4 nitrogen and oxygen atoms in total. The number of anilines is 1. The van der Waals surface area contributed by atoms with Crippen LogP contribution in [0.5, 0.6) is 0 Å². The van der Waals surface area contributed by atoms with Gasteiger partial charge in [-0.2, -0.15) is 0 Å². The van der Waals surface area contributed by atoms with Gasteiger partial charge in [-0.1, -0.05) is 13.3 Å². The monoisotopic (exact) mass is 275 g/mol. The number of piperidine rings is 1. The number of hydrogen-bond acceptors (Lipinski definition) is 3. The van der Waals surface area contributed by atoms with E-state index in [9.17, 15) is 4.79 Å². The third-order valence-electron chi connectivity index (χ3n) is 3.85. The van der Waals surface area contributed by atoms with E-state index in [-0.39, 0.29) is 5.91 Å². The van der Waals surface area contributed by atoms with Crippen molar-refractivity contribution in [3.8, 4) is 0 Å². The number of nitrogens with two attached hydrogens (primary N) is 1. The molecule has 0 spiro atoms.